The first-order chi connectivity index (χ1) is 4.20. The molecule has 4 heteroatoms. The predicted octanol–water partition coefficient (Wildman–Crippen LogP) is -0.269. The van der Waals surface area contributed by atoms with Gasteiger partial charge in [0.25, 0.3) is 0 Å². The fourth-order valence-corrected chi connectivity index (χ4v) is 0.916. The van der Waals surface area contributed by atoms with Crippen molar-refractivity contribution in [1.29, 1.82) is 0 Å². The van der Waals surface area contributed by atoms with Crippen molar-refractivity contribution >= 4 is 6.09 Å². The molecule has 4 nitrogen and oxygen atoms in total. The maximum atomic E-state index is 10.2. The third-order valence-electron chi connectivity index (χ3n) is 1.43. The molecule has 1 fully saturated rings. The molecule has 0 aromatic carbocycles. The van der Waals surface area contributed by atoms with Crippen LogP contribution in [0.15, 0.2) is 0 Å². The summed E-state index contributed by atoms with van der Waals surface area (Å²) in [5.41, 5.74) is 0. The Labute approximate surface area is 52.7 Å². The highest BCUT2D eigenvalue weighted by Crippen LogP contribution is 2.07. The average molecular weight is 131 g/mol. The molecule has 0 aliphatic carbocycles. The number of likely N-dealkylation sites (tertiary alicyclic amines) is 1. The number of aliphatic hydroxyl groups is 1. The van der Waals surface area contributed by atoms with E-state index in [1.54, 1.807) is 0 Å². The smallest absolute Gasteiger partial charge is 0.407 e. The number of nitrogens with zero attached hydrogens (tertiary/aromatic N) is 1. The Morgan fingerprint density at radius 2 is 2.33 bits per heavy atom. The van der Waals surface area contributed by atoms with Crippen LogP contribution in [-0.4, -0.2) is 40.4 Å². The van der Waals surface area contributed by atoms with Crippen molar-refractivity contribution in [1.82, 2.24) is 4.90 Å². The van der Waals surface area contributed by atoms with E-state index in [-0.39, 0.29) is 6.54 Å². The van der Waals surface area contributed by atoms with Gasteiger partial charge in [0.2, 0.25) is 0 Å². The van der Waals surface area contributed by atoms with Gasteiger partial charge in [0.1, 0.15) is 0 Å². The first kappa shape index (κ1) is 6.35. The van der Waals surface area contributed by atoms with E-state index in [4.69, 9.17) is 10.2 Å². The molecule has 1 saturated heterocycles. The first-order valence-electron chi connectivity index (χ1n) is 2.86. The number of hydrogen-bond donors (Lipinski definition) is 2. The van der Waals surface area contributed by atoms with Gasteiger partial charge in [-0.25, -0.2) is 4.79 Å². The zero-order chi connectivity index (χ0) is 6.85. The first-order valence-corrected chi connectivity index (χ1v) is 2.86. The lowest BCUT2D eigenvalue weighted by atomic mass is 10.3. The monoisotopic (exact) mass is 131 g/mol. The van der Waals surface area contributed by atoms with Crippen molar-refractivity contribution in [3.05, 3.63) is 0 Å². The summed E-state index contributed by atoms with van der Waals surface area (Å²) in [5, 5.41) is 17.2. The fourth-order valence-electron chi connectivity index (χ4n) is 0.916. The molecular weight excluding hydrogens is 122 g/mol. The van der Waals surface area contributed by atoms with Crippen molar-refractivity contribution in [3.8, 4) is 0 Å². The Morgan fingerprint density at radius 3 is 2.56 bits per heavy atom. The van der Waals surface area contributed by atoms with Gasteiger partial charge in [-0.1, -0.05) is 0 Å². The number of β-amino-alcohol motifs (C(OH)–C–C–N with tert-alkyl or cyclic N) is 1. The van der Waals surface area contributed by atoms with Crippen LogP contribution in [0.1, 0.15) is 6.42 Å². The molecule has 0 spiro atoms. The number of amides is 1. The molecule has 0 aromatic heterocycles. The summed E-state index contributed by atoms with van der Waals surface area (Å²) in [5.74, 6) is 0. The van der Waals surface area contributed by atoms with Gasteiger partial charge in [0, 0.05) is 13.1 Å². The van der Waals surface area contributed by atoms with E-state index < -0.39 is 12.2 Å². The number of carboxylic acid groups (broad SMARTS) is 1. The second-order valence-electron chi connectivity index (χ2n) is 2.17. The van der Waals surface area contributed by atoms with Gasteiger partial charge in [0.15, 0.2) is 0 Å². The largest absolute Gasteiger partial charge is 0.465 e. The maximum Gasteiger partial charge on any atom is 0.407 e. The molecule has 0 saturated carbocycles. The number of rotatable bonds is 0. The van der Waals surface area contributed by atoms with Gasteiger partial charge in [0.05, 0.1) is 6.10 Å². The molecule has 1 aliphatic rings. The molecule has 1 unspecified atom stereocenters. The second kappa shape index (κ2) is 2.23. The molecule has 52 valence electrons. The average Bonchev–Trinajstić information content (AvgIpc) is 2.14. The van der Waals surface area contributed by atoms with Crippen LogP contribution < -0.4 is 0 Å². The third kappa shape index (κ3) is 1.32. The summed E-state index contributed by atoms with van der Waals surface area (Å²) in [6, 6.07) is 0. The molecule has 9 heavy (non-hydrogen) atoms. The summed E-state index contributed by atoms with van der Waals surface area (Å²) in [6.45, 7) is 0.742. The summed E-state index contributed by atoms with van der Waals surface area (Å²) < 4.78 is 0. The zero-order valence-electron chi connectivity index (χ0n) is 4.95. The lowest BCUT2D eigenvalue weighted by Crippen LogP contribution is -2.27. The van der Waals surface area contributed by atoms with Crippen LogP contribution in [0.4, 0.5) is 4.79 Å². The van der Waals surface area contributed by atoms with Crippen LogP contribution in [0.2, 0.25) is 0 Å². The Hall–Kier alpha value is -0.770. The Bertz CT molecular complexity index is 125. The standard InChI is InChI=1S/C5H9NO3/c7-4-1-2-6(3-4)5(8)9/h4,7H,1-3H2,(H,8,9). The number of carbonyl (C=O) groups is 1. The fraction of sp³-hybridized carbons (Fsp3) is 0.800. The highest BCUT2D eigenvalue weighted by molar-refractivity contribution is 5.65. The SMILES string of the molecule is O=C(O)N1CCC(O)C1. The van der Waals surface area contributed by atoms with E-state index in [1.807, 2.05) is 0 Å². The highest BCUT2D eigenvalue weighted by Gasteiger charge is 2.23. The molecule has 0 radical (unpaired) electrons. The Balaban J connectivity index is 2.39. The second-order valence-corrected chi connectivity index (χ2v) is 2.17. The van der Waals surface area contributed by atoms with Gasteiger partial charge in [-0.15, -0.1) is 0 Å². The van der Waals surface area contributed by atoms with E-state index in [0.717, 1.165) is 0 Å². The molecule has 1 aliphatic heterocycles. The lowest BCUT2D eigenvalue weighted by Gasteiger charge is -2.08. The van der Waals surface area contributed by atoms with Gasteiger partial charge >= 0.3 is 6.09 Å². The predicted molar refractivity (Wildman–Crippen MR) is 30.2 cm³/mol. The van der Waals surface area contributed by atoms with E-state index in [9.17, 15) is 4.79 Å². The van der Waals surface area contributed by atoms with E-state index >= 15 is 0 Å². The topological polar surface area (TPSA) is 60.8 Å². The quantitative estimate of drug-likeness (QED) is 0.475. The lowest BCUT2D eigenvalue weighted by molar-refractivity contribution is 0.140. The summed E-state index contributed by atoms with van der Waals surface area (Å²) in [6.07, 6.45) is -0.806. The number of aliphatic hydroxyl groups excluding tert-OH is 1. The van der Waals surface area contributed by atoms with Crippen LogP contribution in [0.25, 0.3) is 0 Å². The minimum atomic E-state index is -0.938. The van der Waals surface area contributed by atoms with Crippen molar-refractivity contribution < 1.29 is 15.0 Å². The van der Waals surface area contributed by atoms with Gasteiger partial charge in [-0.3, -0.25) is 0 Å². The summed E-state index contributed by atoms with van der Waals surface area (Å²) in [4.78, 5) is 11.4. The summed E-state index contributed by atoms with van der Waals surface area (Å²) in [7, 11) is 0. The van der Waals surface area contributed by atoms with Gasteiger partial charge in [-0.2, -0.15) is 0 Å². The van der Waals surface area contributed by atoms with E-state index in [0.29, 0.717) is 13.0 Å². The van der Waals surface area contributed by atoms with Crippen LogP contribution >= 0.6 is 0 Å². The van der Waals surface area contributed by atoms with Crippen LogP contribution in [0.5, 0.6) is 0 Å². The van der Waals surface area contributed by atoms with Gasteiger partial charge in [-0.05, 0) is 6.42 Å². The van der Waals surface area contributed by atoms with Crippen molar-refractivity contribution in [3.63, 3.8) is 0 Å². The van der Waals surface area contributed by atoms with Crippen LogP contribution in [0, 0.1) is 0 Å². The normalized spacial score (nSPS) is 26.8. The van der Waals surface area contributed by atoms with Crippen LogP contribution in [0.3, 0.4) is 0 Å². The minimum absolute atomic E-state index is 0.273. The molecule has 2 N–H and O–H groups in total. The molecule has 1 atom stereocenters. The minimum Gasteiger partial charge on any atom is -0.465 e. The third-order valence-corrected chi connectivity index (χ3v) is 1.43. The maximum absolute atomic E-state index is 10.2. The Morgan fingerprint density at radius 1 is 1.67 bits per heavy atom. The molecule has 1 amide bonds. The Kier molecular flexibility index (Phi) is 1.57. The molecular formula is C5H9NO3. The molecule has 1 heterocycles. The zero-order valence-corrected chi connectivity index (χ0v) is 4.95. The van der Waals surface area contributed by atoms with E-state index in [2.05, 4.69) is 0 Å². The van der Waals surface area contributed by atoms with E-state index in [1.165, 1.54) is 4.90 Å². The van der Waals surface area contributed by atoms with Crippen LogP contribution in [-0.2, 0) is 0 Å². The van der Waals surface area contributed by atoms with Gasteiger partial charge < -0.3 is 15.1 Å². The molecule has 1 rings (SSSR count). The molecule has 0 bridgehead atoms. The van der Waals surface area contributed by atoms with Crippen molar-refractivity contribution in [2.75, 3.05) is 13.1 Å². The number of hydrogen-bond acceptors (Lipinski definition) is 2. The molecule has 0 aromatic rings. The summed E-state index contributed by atoms with van der Waals surface area (Å²) >= 11 is 0. The van der Waals surface area contributed by atoms with Crippen molar-refractivity contribution in [2.24, 2.45) is 0 Å². The van der Waals surface area contributed by atoms with Crippen molar-refractivity contribution in [2.45, 2.75) is 12.5 Å². The highest BCUT2D eigenvalue weighted by atomic mass is 16.4.